The van der Waals surface area contributed by atoms with Crippen LogP contribution in [0.2, 0.25) is 0 Å². The van der Waals surface area contributed by atoms with Gasteiger partial charge in [0, 0.05) is 15.2 Å². The van der Waals surface area contributed by atoms with Crippen LogP contribution in [0, 0.1) is 12.8 Å². The number of aromatic nitrogens is 1. The molecule has 1 aromatic carbocycles. The van der Waals surface area contributed by atoms with E-state index in [-0.39, 0.29) is 15.1 Å². The molecule has 4 nitrogen and oxygen atoms in total. The number of hydrogen-bond acceptors (Lipinski definition) is 4. The predicted molar refractivity (Wildman–Crippen MR) is 87.3 cm³/mol. The number of carboxylic acids is 1. The van der Waals surface area contributed by atoms with Gasteiger partial charge in [-0.2, -0.15) is 0 Å². The lowest BCUT2D eigenvalue weighted by Gasteiger charge is -2.10. The van der Waals surface area contributed by atoms with Gasteiger partial charge in [0.05, 0.1) is 19.5 Å². The molecule has 0 radical (unpaired) electrons. The smallest absolute Gasteiger partial charge is 0.347 e. The average Bonchev–Trinajstić information content (AvgIpc) is 2.95. The number of aryl methyl sites for hydroxylation is 1. The van der Waals surface area contributed by atoms with Crippen LogP contribution in [0.3, 0.4) is 0 Å². The van der Waals surface area contributed by atoms with Crippen molar-refractivity contribution in [3.05, 3.63) is 33.2 Å². The summed E-state index contributed by atoms with van der Waals surface area (Å²) >= 11 is 4.08. The molecule has 0 unspecified atom stereocenters. The minimum Gasteiger partial charge on any atom is -0.492 e. The molecule has 2 rings (SSSR count). The Morgan fingerprint density at radius 2 is 2.43 bits per heavy atom. The largest absolute Gasteiger partial charge is 0.492 e. The van der Waals surface area contributed by atoms with Crippen LogP contribution in [0.25, 0.3) is 10.6 Å². The van der Waals surface area contributed by atoms with Gasteiger partial charge in [-0.3, -0.25) is 0 Å². The monoisotopic (exact) mass is 378 g/mol. The second kappa shape index (κ2) is 6.58. The zero-order valence-electron chi connectivity index (χ0n) is 19.7. The van der Waals surface area contributed by atoms with Crippen molar-refractivity contribution in [2.24, 2.45) is 5.89 Å². The molecule has 0 bridgehead atoms. The Balaban J connectivity index is 2.44. The summed E-state index contributed by atoms with van der Waals surface area (Å²) in [6, 6.07) is 4.11. The zero-order chi connectivity index (χ0) is 23.3. The molecule has 0 saturated heterocycles. The van der Waals surface area contributed by atoms with E-state index in [0.717, 1.165) is 11.3 Å². The van der Waals surface area contributed by atoms with Crippen LogP contribution in [0.5, 0.6) is 5.75 Å². The first kappa shape index (κ1) is 7.74. The summed E-state index contributed by atoms with van der Waals surface area (Å²) in [7, 11) is 0. The zero-order valence-corrected chi connectivity index (χ0v) is 13.1. The van der Waals surface area contributed by atoms with E-state index < -0.39 is 32.1 Å². The topological polar surface area (TPSA) is 59.4 Å². The summed E-state index contributed by atoms with van der Waals surface area (Å²) in [5.74, 6) is -4.92. The summed E-state index contributed by atoms with van der Waals surface area (Å²) in [6.07, 6.45) is 0. The molecule has 112 valence electrons. The van der Waals surface area contributed by atoms with Crippen molar-refractivity contribution in [1.82, 2.24) is 4.98 Å². The van der Waals surface area contributed by atoms with E-state index in [2.05, 4.69) is 20.9 Å². The maximum Gasteiger partial charge on any atom is 0.347 e. The number of carboxylic acid groups (broad SMARTS) is 1. The van der Waals surface area contributed by atoms with Gasteiger partial charge in [-0.25, -0.2) is 9.78 Å². The number of halogens is 1. The van der Waals surface area contributed by atoms with Crippen molar-refractivity contribution in [3.8, 4) is 16.3 Å². The van der Waals surface area contributed by atoms with Crippen LogP contribution in [0.4, 0.5) is 0 Å². The summed E-state index contributed by atoms with van der Waals surface area (Å²) in [6.45, 7) is -8.90. The SMILES string of the molecule is [2H]C([2H])([2H])C([2H])(C([2H])([2H])[2H])C([2H])([2H])Oc1ccc(-c2nc(C)c(C(=O)O)s2)cc1Br. The van der Waals surface area contributed by atoms with Gasteiger partial charge in [-0.15, -0.1) is 11.3 Å². The Kier molecular flexibility index (Phi) is 2.42. The summed E-state index contributed by atoms with van der Waals surface area (Å²) in [5, 5.41) is 9.52. The Labute approximate surface area is 148 Å². The van der Waals surface area contributed by atoms with Gasteiger partial charge in [-0.1, -0.05) is 13.7 Å². The van der Waals surface area contributed by atoms with E-state index in [4.69, 9.17) is 22.2 Å². The third-order valence-electron chi connectivity index (χ3n) is 2.43. The highest BCUT2D eigenvalue weighted by molar-refractivity contribution is 9.10. The molecule has 1 N–H and O–H groups in total. The summed E-state index contributed by atoms with van der Waals surface area (Å²) < 4.78 is 73.6. The van der Waals surface area contributed by atoms with E-state index in [1.165, 1.54) is 18.2 Å². The van der Waals surface area contributed by atoms with Crippen LogP contribution >= 0.6 is 27.3 Å². The van der Waals surface area contributed by atoms with E-state index in [0.29, 0.717) is 16.3 Å². The number of ether oxygens (including phenoxy) is 1. The highest BCUT2D eigenvalue weighted by Gasteiger charge is 2.15. The van der Waals surface area contributed by atoms with Gasteiger partial charge in [0.2, 0.25) is 0 Å². The van der Waals surface area contributed by atoms with Crippen LogP contribution in [-0.4, -0.2) is 22.6 Å². The van der Waals surface area contributed by atoms with Crippen LogP contribution < -0.4 is 4.74 Å². The molecule has 21 heavy (non-hydrogen) atoms. The minimum absolute atomic E-state index is 0.0622. The molecule has 6 heteroatoms. The van der Waals surface area contributed by atoms with E-state index in [1.54, 1.807) is 6.92 Å². The van der Waals surface area contributed by atoms with Crippen molar-refractivity contribution in [2.75, 3.05) is 6.56 Å². The second-order valence-electron chi connectivity index (χ2n) is 3.96. The number of rotatable bonds is 5. The first-order valence-corrected chi connectivity index (χ1v) is 7.23. The van der Waals surface area contributed by atoms with Gasteiger partial charge >= 0.3 is 5.97 Å². The minimum atomic E-state index is -3.56. The quantitative estimate of drug-likeness (QED) is 0.824. The number of benzene rings is 1. The molecule has 1 heterocycles. The standard InChI is InChI=1S/C15H16BrNO3S/c1-8(2)7-20-12-5-4-10(6-11(12)16)14-17-9(3)13(21-14)15(18)19/h4-6,8H,7H2,1-3H3,(H,18,19)/i1D3,2D3,7D2,8D. The van der Waals surface area contributed by atoms with Crippen molar-refractivity contribution < 1.29 is 27.0 Å². The van der Waals surface area contributed by atoms with Gasteiger partial charge < -0.3 is 9.84 Å². The molecule has 0 amide bonds. The molecule has 0 saturated carbocycles. The van der Waals surface area contributed by atoms with Crippen LogP contribution in [0.15, 0.2) is 22.7 Å². The Bertz CT molecular complexity index is 957. The van der Waals surface area contributed by atoms with Crippen molar-refractivity contribution in [2.45, 2.75) is 20.6 Å². The molecular weight excluding hydrogens is 354 g/mol. The van der Waals surface area contributed by atoms with Crippen LogP contribution in [0.1, 0.15) is 41.4 Å². The lowest BCUT2D eigenvalue weighted by atomic mass is 10.2. The molecular formula is C15H16BrNO3S. The fourth-order valence-electron chi connectivity index (χ4n) is 1.54. The number of thiazole rings is 1. The molecule has 0 fully saturated rings. The normalized spacial score (nSPS) is 19.6. The molecule has 0 atom stereocenters. The van der Waals surface area contributed by atoms with Crippen LogP contribution in [-0.2, 0) is 0 Å². The van der Waals surface area contributed by atoms with Crippen molar-refractivity contribution in [1.29, 1.82) is 0 Å². The molecule has 1 aromatic heterocycles. The number of carbonyl (C=O) groups is 1. The predicted octanol–water partition coefficient (Wildman–Crippen LogP) is 4.61. The number of aromatic carboxylic acids is 1. The highest BCUT2D eigenvalue weighted by atomic mass is 79.9. The molecule has 0 spiro atoms. The number of nitrogens with zero attached hydrogens (tertiary/aromatic N) is 1. The second-order valence-corrected chi connectivity index (χ2v) is 5.82. The summed E-state index contributed by atoms with van der Waals surface area (Å²) in [4.78, 5) is 15.4. The summed E-state index contributed by atoms with van der Waals surface area (Å²) in [5.41, 5.74) is 0.795. The average molecular weight is 379 g/mol. The highest BCUT2D eigenvalue weighted by Crippen LogP contribution is 2.34. The van der Waals surface area contributed by atoms with Gasteiger partial charge in [0.25, 0.3) is 0 Å². The first-order chi connectivity index (χ1) is 13.4. The van der Waals surface area contributed by atoms with Crippen molar-refractivity contribution >= 4 is 33.2 Å². The van der Waals surface area contributed by atoms with Crippen molar-refractivity contribution in [3.63, 3.8) is 0 Å². The fraction of sp³-hybridized carbons (Fsp3) is 0.333. The van der Waals surface area contributed by atoms with E-state index in [9.17, 15) is 4.79 Å². The fourth-order valence-corrected chi connectivity index (χ4v) is 2.90. The molecule has 0 aliphatic carbocycles. The maximum atomic E-state index is 11.2. The first-order valence-electron chi connectivity index (χ1n) is 10.1. The maximum absolute atomic E-state index is 11.2. The Hall–Kier alpha value is -1.40. The van der Waals surface area contributed by atoms with Gasteiger partial charge in [0.15, 0.2) is 0 Å². The lowest BCUT2D eigenvalue weighted by Crippen LogP contribution is -2.04. The lowest BCUT2D eigenvalue weighted by molar-refractivity contribution is 0.0701. The molecule has 2 aromatic rings. The number of hydrogen-bond donors (Lipinski definition) is 1. The van der Waals surface area contributed by atoms with Gasteiger partial charge in [0.1, 0.15) is 15.6 Å². The van der Waals surface area contributed by atoms with Gasteiger partial charge in [-0.05, 0) is 46.9 Å². The third kappa shape index (κ3) is 3.83. The van der Waals surface area contributed by atoms with E-state index in [1.807, 2.05) is 0 Å². The Morgan fingerprint density at radius 1 is 1.67 bits per heavy atom. The third-order valence-corrected chi connectivity index (χ3v) is 4.25. The molecule has 0 aliphatic heterocycles. The molecule has 0 aliphatic rings. The van der Waals surface area contributed by atoms with E-state index >= 15 is 0 Å². The Morgan fingerprint density at radius 3 is 3.00 bits per heavy atom.